The molecule has 0 aliphatic carbocycles. The van der Waals surface area contributed by atoms with E-state index in [2.05, 4.69) is 19.1 Å². The van der Waals surface area contributed by atoms with Crippen LogP contribution in [-0.2, 0) is 6.42 Å². The lowest BCUT2D eigenvalue weighted by Crippen LogP contribution is -1.93. The van der Waals surface area contributed by atoms with Gasteiger partial charge in [-0.15, -0.1) is 0 Å². The number of phenolic OH excluding ortho intramolecular Hbond substituents is 1. The highest BCUT2D eigenvalue weighted by Gasteiger charge is 2.10. The Balaban J connectivity index is 1.78. The third kappa shape index (κ3) is 20.3. The summed E-state index contributed by atoms with van der Waals surface area (Å²) in [6.45, 7) is 2.29. The number of ether oxygens (including phenoxy) is 2. The first kappa shape index (κ1) is 36.4. The van der Waals surface area contributed by atoms with Gasteiger partial charge in [0.1, 0.15) is 0 Å². The molecule has 40 heavy (non-hydrogen) atoms. The minimum atomic E-state index is 0.0900. The summed E-state index contributed by atoms with van der Waals surface area (Å²) < 4.78 is 10.5. The van der Waals surface area contributed by atoms with Gasteiger partial charge in [0.05, 0.1) is 14.2 Å². The second kappa shape index (κ2) is 27.5. The number of aryl methyl sites for hydroxylation is 1. The number of phenols is 1. The van der Waals surface area contributed by atoms with E-state index in [0.29, 0.717) is 11.5 Å². The zero-order valence-electron chi connectivity index (χ0n) is 27.0. The van der Waals surface area contributed by atoms with Crippen LogP contribution in [0.2, 0.25) is 0 Å². The Labute approximate surface area is 249 Å². The van der Waals surface area contributed by atoms with E-state index in [0.717, 1.165) is 6.42 Å². The Morgan fingerprint density at radius 3 is 1.18 bits per heavy atom. The second-order valence-electron chi connectivity index (χ2n) is 11.9. The van der Waals surface area contributed by atoms with E-state index in [1.807, 2.05) is 12.1 Å². The fourth-order valence-electron chi connectivity index (χ4n) is 5.61. The monoisotopic (exact) mass is 559 g/mol. The maximum Gasteiger partial charge on any atom is 0.200 e. The van der Waals surface area contributed by atoms with Crippen LogP contribution >= 0.6 is 0 Å². The van der Waals surface area contributed by atoms with Gasteiger partial charge in [0, 0.05) is 0 Å². The molecule has 3 nitrogen and oxygen atoms in total. The van der Waals surface area contributed by atoms with Crippen molar-refractivity contribution in [2.45, 2.75) is 174 Å². The van der Waals surface area contributed by atoms with Crippen LogP contribution in [-0.4, -0.2) is 19.3 Å². The molecule has 0 spiro atoms. The van der Waals surface area contributed by atoms with Crippen molar-refractivity contribution in [1.82, 2.24) is 0 Å². The van der Waals surface area contributed by atoms with E-state index < -0.39 is 0 Å². The van der Waals surface area contributed by atoms with Crippen LogP contribution in [0.25, 0.3) is 0 Å². The third-order valence-electron chi connectivity index (χ3n) is 8.27. The summed E-state index contributed by atoms with van der Waals surface area (Å²) in [5.41, 5.74) is 1.17. The van der Waals surface area contributed by atoms with Gasteiger partial charge in [-0.2, -0.15) is 0 Å². The molecular weight excluding hydrogens is 492 g/mol. The van der Waals surface area contributed by atoms with Crippen molar-refractivity contribution in [1.29, 1.82) is 0 Å². The number of hydrogen-bond acceptors (Lipinski definition) is 3. The van der Waals surface area contributed by atoms with Crippen LogP contribution in [0.1, 0.15) is 173 Å². The zero-order valence-corrected chi connectivity index (χ0v) is 27.0. The molecule has 0 heterocycles. The van der Waals surface area contributed by atoms with Gasteiger partial charge in [-0.1, -0.05) is 147 Å². The van der Waals surface area contributed by atoms with E-state index in [-0.39, 0.29) is 5.75 Å². The van der Waals surface area contributed by atoms with E-state index in [4.69, 9.17) is 9.47 Å². The van der Waals surface area contributed by atoms with Crippen LogP contribution in [0, 0.1) is 0 Å². The van der Waals surface area contributed by atoms with Crippen molar-refractivity contribution >= 4 is 0 Å². The largest absolute Gasteiger partial charge is 0.502 e. The normalized spacial score (nSPS) is 11.5. The number of hydrogen-bond donors (Lipinski definition) is 1. The average Bonchev–Trinajstić information content (AvgIpc) is 2.97. The number of unbranched alkanes of at least 4 members (excludes halogenated alkanes) is 23. The number of methoxy groups -OCH3 is 2. The number of benzene rings is 1. The minimum Gasteiger partial charge on any atom is -0.502 e. The van der Waals surface area contributed by atoms with E-state index >= 15 is 0 Å². The second-order valence-corrected chi connectivity index (χ2v) is 11.9. The van der Waals surface area contributed by atoms with Crippen molar-refractivity contribution in [2.75, 3.05) is 14.2 Å². The fourth-order valence-corrected chi connectivity index (χ4v) is 5.61. The van der Waals surface area contributed by atoms with Crippen molar-refractivity contribution in [3.8, 4) is 17.2 Å². The number of allylic oxidation sites excluding steroid dienone is 2. The smallest absolute Gasteiger partial charge is 0.200 e. The van der Waals surface area contributed by atoms with Gasteiger partial charge in [-0.3, -0.25) is 0 Å². The van der Waals surface area contributed by atoms with Gasteiger partial charge in [0.15, 0.2) is 11.5 Å². The fraction of sp³-hybridized carbons (Fsp3) is 0.784. The van der Waals surface area contributed by atoms with Crippen molar-refractivity contribution in [2.24, 2.45) is 0 Å². The predicted octanol–water partition coefficient (Wildman–Crippen LogP) is 12.3. The maximum atomic E-state index is 10.0. The first-order valence-corrected chi connectivity index (χ1v) is 17.3. The molecule has 0 bridgehead atoms. The van der Waals surface area contributed by atoms with Gasteiger partial charge < -0.3 is 14.6 Å². The summed E-state index contributed by atoms with van der Waals surface area (Å²) in [5, 5.41) is 10.0. The molecule has 1 aromatic rings. The minimum absolute atomic E-state index is 0.0900. The third-order valence-corrected chi connectivity index (χ3v) is 8.27. The highest BCUT2D eigenvalue weighted by atomic mass is 16.5. The molecule has 0 fully saturated rings. The molecule has 0 saturated carbocycles. The van der Waals surface area contributed by atoms with E-state index in [1.54, 1.807) is 14.2 Å². The van der Waals surface area contributed by atoms with Gasteiger partial charge in [-0.05, 0) is 56.2 Å². The van der Waals surface area contributed by atoms with E-state index in [9.17, 15) is 5.11 Å². The molecule has 0 aromatic heterocycles. The standard InChI is InChI=1S/C37H66O3/c1-4-5-6-7-8-9-10-11-12-13-14-15-16-17-18-19-20-21-22-23-24-25-26-27-28-29-30-31-34-32-35(39-2)37(38)36(33-34)40-3/h11-12,32-33,38H,4-10,13-31H2,1-3H3. The van der Waals surface area contributed by atoms with Gasteiger partial charge in [-0.25, -0.2) is 0 Å². The lowest BCUT2D eigenvalue weighted by atomic mass is 10.0. The van der Waals surface area contributed by atoms with Crippen LogP contribution in [0.3, 0.4) is 0 Å². The molecule has 3 heteroatoms. The SMILES string of the molecule is CCCCCCCCC=CCCCCCCCCCCCCCCCCCCCc1cc(OC)c(O)c(OC)c1. The van der Waals surface area contributed by atoms with Gasteiger partial charge in [0.2, 0.25) is 5.75 Å². The predicted molar refractivity (Wildman–Crippen MR) is 175 cm³/mol. The molecule has 0 aliphatic rings. The topological polar surface area (TPSA) is 38.7 Å². The molecule has 232 valence electrons. The summed E-state index contributed by atoms with van der Waals surface area (Å²) in [4.78, 5) is 0. The summed E-state index contributed by atoms with van der Waals surface area (Å²) >= 11 is 0. The van der Waals surface area contributed by atoms with Gasteiger partial charge in [0.25, 0.3) is 0 Å². The summed E-state index contributed by atoms with van der Waals surface area (Å²) in [6, 6.07) is 3.85. The Hall–Kier alpha value is -1.64. The van der Waals surface area contributed by atoms with Crippen molar-refractivity contribution in [3.05, 3.63) is 29.8 Å². The molecule has 0 amide bonds. The zero-order chi connectivity index (χ0) is 28.9. The Morgan fingerprint density at radius 2 is 0.825 bits per heavy atom. The van der Waals surface area contributed by atoms with Crippen molar-refractivity contribution < 1.29 is 14.6 Å². The van der Waals surface area contributed by atoms with Crippen LogP contribution in [0.4, 0.5) is 0 Å². The highest BCUT2D eigenvalue weighted by Crippen LogP contribution is 2.37. The summed E-state index contributed by atoms with van der Waals surface area (Å²) in [7, 11) is 3.16. The molecule has 0 radical (unpaired) electrons. The Kier molecular flexibility index (Phi) is 25.0. The maximum absolute atomic E-state index is 10.0. The molecule has 0 saturated heterocycles. The Bertz CT molecular complexity index is 686. The first-order valence-electron chi connectivity index (χ1n) is 17.3. The van der Waals surface area contributed by atoms with E-state index in [1.165, 1.54) is 166 Å². The van der Waals surface area contributed by atoms with Crippen LogP contribution < -0.4 is 9.47 Å². The average molecular weight is 559 g/mol. The Morgan fingerprint density at radius 1 is 0.500 bits per heavy atom. The first-order chi connectivity index (χ1) is 19.7. The quantitative estimate of drug-likeness (QED) is 0.0785. The molecule has 1 rings (SSSR count). The molecule has 1 N–H and O–H groups in total. The summed E-state index contributed by atoms with van der Waals surface area (Å²) in [6.07, 6.45) is 40.5. The number of aromatic hydroxyl groups is 1. The van der Waals surface area contributed by atoms with Gasteiger partial charge >= 0.3 is 0 Å². The van der Waals surface area contributed by atoms with Crippen LogP contribution in [0.15, 0.2) is 24.3 Å². The lowest BCUT2D eigenvalue weighted by Gasteiger charge is -2.11. The summed E-state index contributed by atoms with van der Waals surface area (Å²) in [5.74, 6) is 1.09. The molecule has 1 aromatic carbocycles. The molecule has 0 atom stereocenters. The lowest BCUT2D eigenvalue weighted by molar-refractivity contribution is 0.339. The highest BCUT2D eigenvalue weighted by molar-refractivity contribution is 5.52. The molecular formula is C37H66O3. The van der Waals surface area contributed by atoms with Crippen molar-refractivity contribution in [3.63, 3.8) is 0 Å². The van der Waals surface area contributed by atoms with Crippen LogP contribution in [0.5, 0.6) is 17.2 Å². The molecule has 0 unspecified atom stereocenters. The number of rotatable bonds is 29. The molecule has 0 aliphatic heterocycles.